The molecule has 3 aliphatic rings. The first-order valence-electron chi connectivity index (χ1n) is 10.4. The third kappa shape index (κ3) is 5.28. The second-order valence-corrected chi connectivity index (χ2v) is 10.6. The van der Waals surface area contributed by atoms with Gasteiger partial charge in [0.1, 0.15) is 11.1 Å². The van der Waals surface area contributed by atoms with Gasteiger partial charge in [0.25, 0.3) is 0 Å². The molecule has 0 aromatic rings. The van der Waals surface area contributed by atoms with Gasteiger partial charge in [-0.25, -0.2) is 8.42 Å². The number of hydrogen-bond acceptors (Lipinski definition) is 6. The van der Waals surface area contributed by atoms with Crippen LogP contribution in [0.5, 0.6) is 0 Å². The SMILES string of the molecule is COC1CCCC(CN2C(=O)CS(=O)(=O)C2C2CCCC(OC(F)(F)F)C2)C1OC. The molecule has 2 aliphatic carbocycles. The molecule has 1 heterocycles. The Labute approximate surface area is 175 Å². The third-order valence-electron chi connectivity index (χ3n) is 6.59. The predicted molar refractivity (Wildman–Crippen MR) is 101 cm³/mol. The molecule has 3 rings (SSSR count). The lowest BCUT2D eigenvalue weighted by Gasteiger charge is -2.41. The van der Waals surface area contributed by atoms with Crippen molar-refractivity contribution in [1.29, 1.82) is 0 Å². The summed E-state index contributed by atoms with van der Waals surface area (Å²) in [5, 5.41) is -1.11. The lowest BCUT2D eigenvalue weighted by Crippen LogP contribution is -2.50. The highest BCUT2D eigenvalue weighted by atomic mass is 32.2. The van der Waals surface area contributed by atoms with Crippen molar-refractivity contribution in [3.8, 4) is 0 Å². The zero-order valence-corrected chi connectivity index (χ0v) is 18.1. The molecule has 174 valence electrons. The zero-order valence-electron chi connectivity index (χ0n) is 17.3. The van der Waals surface area contributed by atoms with Crippen molar-refractivity contribution < 1.29 is 40.6 Å². The molecule has 7 nitrogen and oxygen atoms in total. The maximum absolute atomic E-state index is 12.8. The lowest BCUT2D eigenvalue weighted by atomic mass is 9.83. The Hall–Kier alpha value is -0.910. The van der Waals surface area contributed by atoms with Crippen LogP contribution in [-0.4, -0.2) is 75.8 Å². The first-order valence-corrected chi connectivity index (χ1v) is 12.1. The standard InChI is InChI=1S/C19H30F3NO6S/c1-27-15-8-4-6-13(17(15)28-2)10-23-16(24)11-30(25,26)18(23)12-5-3-7-14(9-12)29-19(20,21)22/h12-15,17-18H,3-11H2,1-2H3. The highest BCUT2D eigenvalue weighted by molar-refractivity contribution is 7.93. The molecular formula is C19H30F3NO6S. The molecule has 30 heavy (non-hydrogen) atoms. The highest BCUT2D eigenvalue weighted by Gasteiger charge is 2.51. The van der Waals surface area contributed by atoms with E-state index in [-0.39, 0.29) is 37.5 Å². The fourth-order valence-corrected chi connectivity index (χ4v) is 7.53. The van der Waals surface area contributed by atoms with E-state index in [1.807, 2.05) is 0 Å². The normalized spacial score (nSPS) is 37.5. The topological polar surface area (TPSA) is 82.1 Å². The van der Waals surface area contributed by atoms with Gasteiger partial charge in [-0.05, 0) is 38.0 Å². The molecule has 0 N–H and O–H groups in total. The fraction of sp³-hybridized carbons (Fsp3) is 0.947. The number of halogens is 3. The number of rotatable bonds is 6. The summed E-state index contributed by atoms with van der Waals surface area (Å²) in [6.07, 6.45) is -2.75. The van der Waals surface area contributed by atoms with Crippen LogP contribution < -0.4 is 0 Å². The van der Waals surface area contributed by atoms with E-state index in [9.17, 15) is 26.4 Å². The fourth-order valence-electron chi connectivity index (χ4n) is 5.42. The van der Waals surface area contributed by atoms with Gasteiger partial charge in [0.05, 0.1) is 18.3 Å². The van der Waals surface area contributed by atoms with Gasteiger partial charge in [-0.15, -0.1) is 13.2 Å². The average molecular weight is 458 g/mol. The molecule has 1 amide bonds. The van der Waals surface area contributed by atoms with Crippen molar-refractivity contribution in [3.05, 3.63) is 0 Å². The van der Waals surface area contributed by atoms with Crippen LogP contribution in [0, 0.1) is 11.8 Å². The maximum Gasteiger partial charge on any atom is 0.522 e. The molecule has 0 spiro atoms. The third-order valence-corrected chi connectivity index (χ3v) is 8.62. The first-order chi connectivity index (χ1) is 14.1. The van der Waals surface area contributed by atoms with Crippen LogP contribution in [-0.2, 0) is 28.8 Å². The van der Waals surface area contributed by atoms with Crippen molar-refractivity contribution in [3.63, 3.8) is 0 Å². The Morgan fingerprint density at radius 2 is 1.77 bits per heavy atom. The minimum absolute atomic E-state index is 0.0355. The van der Waals surface area contributed by atoms with Crippen LogP contribution in [0.25, 0.3) is 0 Å². The minimum Gasteiger partial charge on any atom is -0.379 e. The molecular weight excluding hydrogens is 427 g/mol. The summed E-state index contributed by atoms with van der Waals surface area (Å²) in [4.78, 5) is 14.0. The minimum atomic E-state index is -4.76. The van der Waals surface area contributed by atoms with Crippen LogP contribution in [0.4, 0.5) is 13.2 Å². The molecule has 6 unspecified atom stereocenters. The van der Waals surface area contributed by atoms with Gasteiger partial charge in [-0.3, -0.25) is 9.53 Å². The largest absolute Gasteiger partial charge is 0.522 e. The highest BCUT2D eigenvalue weighted by Crippen LogP contribution is 2.39. The number of carbonyl (C=O) groups excluding carboxylic acids is 1. The van der Waals surface area contributed by atoms with E-state index in [2.05, 4.69) is 4.74 Å². The van der Waals surface area contributed by atoms with E-state index in [1.165, 1.54) is 4.90 Å². The van der Waals surface area contributed by atoms with Crippen molar-refractivity contribution in [2.24, 2.45) is 11.8 Å². The average Bonchev–Trinajstić information content (AvgIpc) is 2.88. The summed E-state index contributed by atoms with van der Waals surface area (Å²) >= 11 is 0. The van der Waals surface area contributed by atoms with Gasteiger partial charge in [-0.1, -0.05) is 12.8 Å². The van der Waals surface area contributed by atoms with E-state index >= 15 is 0 Å². The summed E-state index contributed by atoms with van der Waals surface area (Å²) in [5.41, 5.74) is 0. The molecule has 1 saturated heterocycles. The van der Waals surface area contributed by atoms with E-state index < -0.39 is 45.3 Å². The molecule has 0 aromatic heterocycles. The lowest BCUT2D eigenvalue weighted by molar-refractivity contribution is -0.346. The molecule has 3 fully saturated rings. The van der Waals surface area contributed by atoms with Gasteiger partial charge >= 0.3 is 6.36 Å². The summed E-state index contributed by atoms with van der Waals surface area (Å²) < 4.78 is 78.9. The van der Waals surface area contributed by atoms with Crippen LogP contribution in [0.3, 0.4) is 0 Å². The van der Waals surface area contributed by atoms with Crippen LogP contribution >= 0.6 is 0 Å². The molecule has 6 atom stereocenters. The van der Waals surface area contributed by atoms with Gasteiger partial charge in [0, 0.05) is 26.7 Å². The van der Waals surface area contributed by atoms with E-state index in [4.69, 9.17) is 9.47 Å². The summed E-state index contributed by atoms with van der Waals surface area (Å²) in [6.45, 7) is 0.197. The van der Waals surface area contributed by atoms with Crippen molar-refractivity contribution in [2.75, 3.05) is 26.5 Å². The van der Waals surface area contributed by atoms with Crippen molar-refractivity contribution in [2.45, 2.75) is 75.0 Å². The quantitative estimate of drug-likeness (QED) is 0.610. The number of alkyl halides is 3. The second kappa shape index (κ2) is 9.30. The maximum atomic E-state index is 12.8. The van der Waals surface area contributed by atoms with E-state index in [1.54, 1.807) is 14.2 Å². The molecule has 0 aromatic carbocycles. The number of hydrogen-bond donors (Lipinski definition) is 0. The summed E-state index contributed by atoms with van der Waals surface area (Å²) in [5.74, 6) is -1.77. The van der Waals surface area contributed by atoms with Crippen LogP contribution in [0.2, 0.25) is 0 Å². The van der Waals surface area contributed by atoms with Crippen LogP contribution in [0.1, 0.15) is 44.9 Å². The van der Waals surface area contributed by atoms with E-state index in [0.717, 1.165) is 19.3 Å². The molecule has 0 radical (unpaired) electrons. The van der Waals surface area contributed by atoms with Gasteiger partial charge in [-0.2, -0.15) is 0 Å². The first kappa shape index (κ1) is 23.7. The number of methoxy groups -OCH3 is 2. The molecule has 0 bridgehead atoms. The smallest absolute Gasteiger partial charge is 0.379 e. The number of amides is 1. The molecule has 11 heteroatoms. The second-order valence-electron chi connectivity index (χ2n) is 8.52. The Morgan fingerprint density at radius 1 is 1.07 bits per heavy atom. The van der Waals surface area contributed by atoms with Crippen molar-refractivity contribution in [1.82, 2.24) is 4.90 Å². The van der Waals surface area contributed by atoms with Gasteiger partial charge < -0.3 is 14.4 Å². The number of nitrogens with zero attached hydrogens (tertiary/aromatic N) is 1. The summed E-state index contributed by atoms with van der Waals surface area (Å²) in [6, 6.07) is 0. The van der Waals surface area contributed by atoms with Gasteiger partial charge in [0.15, 0.2) is 9.84 Å². The Morgan fingerprint density at radius 3 is 2.40 bits per heavy atom. The Bertz CT molecular complexity index is 716. The number of ether oxygens (including phenoxy) is 3. The summed E-state index contributed by atoms with van der Waals surface area (Å²) in [7, 11) is -0.621. The number of carbonyl (C=O) groups is 1. The predicted octanol–water partition coefficient (Wildman–Crippen LogP) is 2.49. The molecule has 1 aliphatic heterocycles. The van der Waals surface area contributed by atoms with Gasteiger partial charge in [0.2, 0.25) is 5.91 Å². The molecule has 2 saturated carbocycles. The zero-order chi connectivity index (χ0) is 22.1. The van der Waals surface area contributed by atoms with E-state index in [0.29, 0.717) is 12.8 Å². The van der Waals surface area contributed by atoms with Crippen molar-refractivity contribution >= 4 is 15.7 Å². The van der Waals surface area contributed by atoms with Crippen LogP contribution in [0.15, 0.2) is 0 Å². The Balaban J connectivity index is 1.78. The number of sulfone groups is 1. The Kier molecular flexibility index (Phi) is 7.36. The monoisotopic (exact) mass is 457 g/mol.